The first kappa shape index (κ1) is 18.4. The van der Waals surface area contributed by atoms with Gasteiger partial charge < -0.3 is 14.4 Å². The highest BCUT2D eigenvalue weighted by molar-refractivity contribution is 6.34. The van der Waals surface area contributed by atoms with E-state index in [0.29, 0.717) is 18.2 Å². The van der Waals surface area contributed by atoms with Crippen molar-refractivity contribution in [2.24, 2.45) is 0 Å². The zero-order valence-corrected chi connectivity index (χ0v) is 14.8. The first-order valence-electron chi connectivity index (χ1n) is 7.68. The van der Waals surface area contributed by atoms with Gasteiger partial charge in [0.25, 0.3) is 5.91 Å². The third kappa shape index (κ3) is 5.28. The third-order valence-electron chi connectivity index (χ3n) is 3.25. The molecule has 1 aliphatic rings. The molecule has 0 aliphatic carbocycles. The molecule has 0 atom stereocenters. The molecular formula is C16H22ClN3O4. The smallest absolute Gasteiger partial charge is 0.426 e. The van der Waals surface area contributed by atoms with Crippen molar-refractivity contribution in [1.29, 1.82) is 0 Å². The molecule has 1 aromatic carbocycles. The highest BCUT2D eigenvalue weighted by Crippen LogP contribution is 2.24. The van der Waals surface area contributed by atoms with Crippen LogP contribution >= 0.6 is 11.6 Å². The van der Waals surface area contributed by atoms with Crippen LogP contribution in [0.3, 0.4) is 0 Å². The van der Waals surface area contributed by atoms with Gasteiger partial charge in [0.05, 0.1) is 23.8 Å². The van der Waals surface area contributed by atoms with E-state index >= 15 is 0 Å². The molecule has 1 aromatic rings. The summed E-state index contributed by atoms with van der Waals surface area (Å²) in [6, 6.07) is 5.17. The number of halogens is 1. The number of nitrogens with one attached hydrogen (secondary N) is 2. The maximum absolute atomic E-state index is 12.1. The standard InChI is InChI=1S/C16H22ClN3O4/c1-16(2,3)24-15(22)19-18-14(21)12-5-4-11(10-13(12)17)20-6-8-23-9-7-20/h4-5,10H,6-9H2,1-3H3,(H,18,21)(H,19,22). The summed E-state index contributed by atoms with van der Waals surface area (Å²) >= 11 is 6.20. The van der Waals surface area contributed by atoms with Crippen LogP contribution in [0.4, 0.5) is 10.5 Å². The molecule has 7 nitrogen and oxygen atoms in total. The number of carbonyl (C=O) groups is 2. The fourth-order valence-corrected chi connectivity index (χ4v) is 2.45. The second-order valence-corrected chi connectivity index (χ2v) is 6.75. The Kier molecular flexibility index (Phi) is 5.90. The number of morpholine rings is 1. The zero-order chi connectivity index (χ0) is 17.7. The van der Waals surface area contributed by atoms with Gasteiger partial charge in [-0.05, 0) is 39.0 Å². The maximum atomic E-state index is 12.1. The minimum atomic E-state index is -0.739. The van der Waals surface area contributed by atoms with Crippen LogP contribution in [0.15, 0.2) is 18.2 Å². The molecule has 132 valence electrons. The number of nitrogens with zero attached hydrogens (tertiary/aromatic N) is 1. The molecule has 0 spiro atoms. The summed E-state index contributed by atoms with van der Waals surface area (Å²) in [5.74, 6) is -0.514. The van der Waals surface area contributed by atoms with E-state index in [9.17, 15) is 9.59 Å². The van der Waals surface area contributed by atoms with Crippen LogP contribution in [-0.4, -0.2) is 43.9 Å². The number of rotatable bonds is 2. The van der Waals surface area contributed by atoms with Crippen LogP contribution in [0, 0.1) is 0 Å². The average molecular weight is 356 g/mol. The van der Waals surface area contributed by atoms with Crippen molar-refractivity contribution in [3.8, 4) is 0 Å². The van der Waals surface area contributed by atoms with Crippen molar-refractivity contribution in [1.82, 2.24) is 10.9 Å². The minimum Gasteiger partial charge on any atom is -0.443 e. The van der Waals surface area contributed by atoms with E-state index in [1.165, 1.54) is 0 Å². The predicted octanol–water partition coefficient (Wildman–Crippen LogP) is 2.35. The molecule has 1 aliphatic heterocycles. The van der Waals surface area contributed by atoms with Gasteiger partial charge in [-0.15, -0.1) is 0 Å². The summed E-state index contributed by atoms with van der Waals surface area (Å²) in [4.78, 5) is 25.8. The van der Waals surface area contributed by atoms with Crippen LogP contribution in [0.5, 0.6) is 0 Å². The number of amides is 2. The number of carbonyl (C=O) groups excluding carboxylic acids is 2. The Morgan fingerprint density at radius 2 is 1.88 bits per heavy atom. The Labute approximate surface area is 146 Å². The van der Waals surface area contributed by atoms with Crippen molar-refractivity contribution >= 4 is 29.3 Å². The Morgan fingerprint density at radius 3 is 2.46 bits per heavy atom. The van der Waals surface area contributed by atoms with E-state index in [1.54, 1.807) is 32.9 Å². The van der Waals surface area contributed by atoms with Gasteiger partial charge in [-0.1, -0.05) is 11.6 Å². The summed E-state index contributed by atoms with van der Waals surface area (Å²) in [5.41, 5.74) is 5.03. The lowest BCUT2D eigenvalue weighted by Gasteiger charge is -2.29. The van der Waals surface area contributed by atoms with E-state index in [1.807, 2.05) is 6.07 Å². The van der Waals surface area contributed by atoms with E-state index in [0.717, 1.165) is 18.8 Å². The molecule has 2 rings (SSSR count). The van der Waals surface area contributed by atoms with Crippen LogP contribution in [-0.2, 0) is 9.47 Å². The first-order chi connectivity index (χ1) is 11.3. The molecule has 1 heterocycles. The van der Waals surface area contributed by atoms with Crippen molar-refractivity contribution in [3.05, 3.63) is 28.8 Å². The van der Waals surface area contributed by atoms with Crippen molar-refractivity contribution in [2.45, 2.75) is 26.4 Å². The lowest BCUT2D eigenvalue weighted by molar-refractivity contribution is 0.0483. The molecule has 1 fully saturated rings. The number of ether oxygens (including phenoxy) is 2. The lowest BCUT2D eigenvalue weighted by Crippen LogP contribution is -2.44. The molecule has 0 unspecified atom stereocenters. The normalized spacial score (nSPS) is 14.9. The van der Waals surface area contributed by atoms with Gasteiger partial charge in [0, 0.05) is 18.8 Å². The number of hydrogen-bond donors (Lipinski definition) is 2. The van der Waals surface area contributed by atoms with Gasteiger partial charge in [-0.25, -0.2) is 10.2 Å². The fourth-order valence-electron chi connectivity index (χ4n) is 2.19. The summed E-state index contributed by atoms with van der Waals surface area (Å²) < 4.78 is 10.3. The van der Waals surface area contributed by atoms with Gasteiger partial charge in [0.1, 0.15) is 5.60 Å². The lowest BCUT2D eigenvalue weighted by atomic mass is 10.1. The third-order valence-corrected chi connectivity index (χ3v) is 3.56. The van der Waals surface area contributed by atoms with Gasteiger partial charge in [-0.3, -0.25) is 10.2 Å². The Balaban J connectivity index is 1.96. The van der Waals surface area contributed by atoms with Crippen molar-refractivity contribution < 1.29 is 19.1 Å². The van der Waals surface area contributed by atoms with Crippen molar-refractivity contribution in [2.75, 3.05) is 31.2 Å². The van der Waals surface area contributed by atoms with E-state index in [-0.39, 0.29) is 5.56 Å². The second-order valence-electron chi connectivity index (χ2n) is 6.34. The highest BCUT2D eigenvalue weighted by atomic mass is 35.5. The molecule has 1 saturated heterocycles. The molecule has 2 N–H and O–H groups in total. The second kappa shape index (κ2) is 7.72. The molecule has 0 aromatic heterocycles. The van der Waals surface area contributed by atoms with Crippen LogP contribution in [0.1, 0.15) is 31.1 Å². The summed E-state index contributed by atoms with van der Waals surface area (Å²) in [6.07, 6.45) is -0.739. The van der Waals surface area contributed by atoms with Crippen LogP contribution < -0.4 is 15.8 Å². The molecule has 2 amide bonds. The van der Waals surface area contributed by atoms with E-state index in [2.05, 4.69) is 15.8 Å². The van der Waals surface area contributed by atoms with E-state index < -0.39 is 17.6 Å². The summed E-state index contributed by atoms with van der Waals surface area (Å²) in [5, 5.41) is 0.308. The van der Waals surface area contributed by atoms with Gasteiger partial charge in [0.15, 0.2) is 0 Å². The Morgan fingerprint density at radius 1 is 1.21 bits per heavy atom. The zero-order valence-electron chi connectivity index (χ0n) is 14.0. The van der Waals surface area contributed by atoms with Crippen LogP contribution in [0.25, 0.3) is 0 Å². The Bertz CT molecular complexity index is 610. The largest absolute Gasteiger partial charge is 0.443 e. The number of anilines is 1. The number of benzene rings is 1. The molecular weight excluding hydrogens is 334 g/mol. The maximum Gasteiger partial charge on any atom is 0.426 e. The number of hydrogen-bond acceptors (Lipinski definition) is 5. The molecule has 0 saturated carbocycles. The van der Waals surface area contributed by atoms with E-state index in [4.69, 9.17) is 21.1 Å². The molecule has 0 bridgehead atoms. The molecule has 8 heteroatoms. The monoisotopic (exact) mass is 355 g/mol. The van der Waals surface area contributed by atoms with Gasteiger partial charge in [0.2, 0.25) is 0 Å². The first-order valence-corrected chi connectivity index (χ1v) is 8.05. The van der Waals surface area contributed by atoms with Gasteiger partial charge >= 0.3 is 6.09 Å². The number of hydrazine groups is 1. The molecule has 0 radical (unpaired) electrons. The summed E-state index contributed by atoms with van der Waals surface area (Å²) in [6.45, 7) is 8.09. The fraction of sp³-hybridized carbons (Fsp3) is 0.500. The highest BCUT2D eigenvalue weighted by Gasteiger charge is 2.18. The SMILES string of the molecule is CC(C)(C)OC(=O)NNC(=O)c1ccc(N2CCOCC2)cc1Cl. The average Bonchev–Trinajstić information content (AvgIpc) is 2.52. The quantitative estimate of drug-likeness (QED) is 0.796. The predicted molar refractivity (Wildman–Crippen MR) is 91.3 cm³/mol. The Hall–Kier alpha value is -1.99. The van der Waals surface area contributed by atoms with Crippen LogP contribution in [0.2, 0.25) is 5.02 Å². The topological polar surface area (TPSA) is 79.9 Å². The van der Waals surface area contributed by atoms with Gasteiger partial charge in [-0.2, -0.15) is 0 Å². The van der Waals surface area contributed by atoms with Crippen molar-refractivity contribution in [3.63, 3.8) is 0 Å². The molecule has 24 heavy (non-hydrogen) atoms. The summed E-state index contributed by atoms with van der Waals surface area (Å²) in [7, 11) is 0. The minimum absolute atomic E-state index is 0.268.